The van der Waals surface area contributed by atoms with Crippen molar-refractivity contribution in [2.45, 2.75) is 20.4 Å². The van der Waals surface area contributed by atoms with E-state index in [9.17, 15) is 0 Å². The van der Waals surface area contributed by atoms with Gasteiger partial charge in [0.25, 0.3) is 0 Å². The van der Waals surface area contributed by atoms with Crippen molar-refractivity contribution in [2.24, 2.45) is 0 Å². The van der Waals surface area contributed by atoms with E-state index < -0.39 is 0 Å². The van der Waals surface area contributed by atoms with Crippen molar-refractivity contribution in [1.29, 1.82) is 0 Å². The number of nitrogens with two attached hydrogens (primary N) is 1. The third kappa shape index (κ3) is 3.03. The Morgan fingerprint density at radius 2 is 1.89 bits per heavy atom. The van der Waals surface area contributed by atoms with Gasteiger partial charge < -0.3 is 10.6 Å². The van der Waals surface area contributed by atoms with Gasteiger partial charge in [0.15, 0.2) is 0 Å². The minimum atomic E-state index is 0.712. The highest BCUT2D eigenvalue weighted by molar-refractivity contribution is 5.50. The van der Waals surface area contributed by atoms with Crippen LogP contribution in [0.1, 0.15) is 11.1 Å². The molecule has 0 aliphatic heterocycles. The van der Waals surface area contributed by atoms with E-state index in [1.54, 1.807) is 6.20 Å². The number of hydrogen-bond acceptors (Lipinski definition) is 3. The van der Waals surface area contributed by atoms with Gasteiger partial charge in [-0.25, -0.2) is 0 Å². The highest BCUT2D eigenvalue weighted by atomic mass is 15.3. The molecule has 2 N–H and O–H groups in total. The molecule has 1 aromatic heterocycles. The fraction of sp³-hybridized carbons (Fsp3) is 0.357. The molecule has 0 radical (unpaired) electrons. The van der Waals surface area contributed by atoms with Crippen molar-refractivity contribution in [2.75, 3.05) is 24.2 Å². The summed E-state index contributed by atoms with van der Waals surface area (Å²) in [5.74, 6) is 0. The van der Waals surface area contributed by atoms with Gasteiger partial charge in [-0.05, 0) is 37.1 Å². The van der Waals surface area contributed by atoms with Crippen LogP contribution < -0.4 is 10.6 Å². The molecule has 0 saturated carbocycles. The molecule has 18 heavy (non-hydrogen) atoms. The number of likely N-dealkylation sites (N-methyl/N-ethyl adjacent to an activating group) is 1. The molecule has 4 nitrogen and oxygen atoms in total. The maximum atomic E-state index is 5.64. The number of nitrogen functional groups attached to an aromatic ring is 1. The molecule has 0 saturated heterocycles. The Labute approximate surface area is 108 Å². The predicted octanol–water partition coefficient (Wildman–Crippen LogP) is 2.22. The lowest BCUT2D eigenvalue weighted by Crippen LogP contribution is -2.23. The zero-order chi connectivity index (χ0) is 13.1. The Morgan fingerprint density at radius 3 is 2.44 bits per heavy atom. The van der Waals surface area contributed by atoms with E-state index in [4.69, 9.17) is 5.73 Å². The van der Waals surface area contributed by atoms with Gasteiger partial charge >= 0.3 is 0 Å². The Hall–Kier alpha value is -1.97. The van der Waals surface area contributed by atoms with Gasteiger partial charge in [-0.15, -0.1) is 0 Å². The standard InChI is InChI=1S/C14H20N4/c1-11-6-12(2)8-14(7-11)17(3)4-5-18-10-13(15)9-16-18/h6-10H,4-5,15H2,1-3H3. The quantitative estimate of drug-likeness (QED) is 0.897. The van der Waals surface area contributed by atoms with E-state index in [1.807, 2.05) is 10.9 Å². The summed E-state index contributed by atoms with van der Waals surface area (Å²) in [5, 5.41) is 4.18. The van der Waals surface area contributed by atoms with E-state index >= 15 is 0 Å². The lowest BCUT2D eigenvalue weighted by atomic mass is 10.1. The van der Waals surface area contributed by atoms with Gasteiger partial charge in [-0.2, -0.15) is 5.10 Å². The van der Waals surface area contributed by atoms with Crippen LogP contribution in [0.5, 0.6) is 0 Å². The first-order valence-electron chi connectivity index (χ1n) is 6.12. The molecule has 2 aromatic rings. The molecule has 2 rings (SSSR count). The highest BCUT2D eigenvalue weighted by Crippen LogP contribution is 2.17. The molecular weight excluding hydrogens is 224 g/mol. The van der Waals surface area contributed by atoms with E-state index in [0.29, 0.717) is 5.69 Å². The van der Waals surface area contributed by atoms with E-state index in [-0.39, 0.29) is 0 Å². The Bertz CT molecular complexity index is 510. The van der Waals surface area contributed by atoms with Crippen LogP contribution in [0.25, 0.3) is 0 Å². The first-order valence-corrected chi connectivity index (χ1v) is 6.12. The summed E-state index contributed by atoms with van der Waals surface area (Å²) in [6, 6.07) is 6.58. The molecule has 0 aliphatic carbocycles. The van der Waals surface area contributed by atoms with Crippen molar-refractivity contribution < 1.29 is 0 Å². The van der Waals surface area contributed by atoms with Crippen molar-refractivity contribution >= 4 is 11.4 Å². The van der Waals surface area contributed by atoms with Crippen LogP contribution >= 0.6 is 0 Å². The largest absolute Gasteiger partial charge is 0.396 e. The predicted molar refractivity (Wildman–Crippen MR) is 75.8 cm³/mol. The third-order valence-corrected chi connectivity index (χ3v) is 2.96. The fourth-order valence-electron chi connectivity index (χ4n) is 2.05. The molecular formula is C14H20N4. The summed E-state index contributed by atoms with van der Waals surface area (Å²) in [4.78, 5) is 2.23. The van der Waals surface area contributed by atoms with Crippen LogP contribution in [-0.2, 0) is 6.54 Å². The molecule has 0 atom stereocenters. The van der Waals surface area contributed by atoms with Gasteiger partial charge in [-0.3, -0.25) is 4.68 Å². The highest BCUT2D eigenvalue weighted by Gasteiger charge is 2.03. The smallest absolute Gasteiger partial charge is 0.0719 e. The molecule has 4 heteroatoms. The fourth-order valence-corrected chi connectivity index (χ4v) is 2.05. The SMILES string of the molecule is Cc1cc(C)cc(N(C)CCn2cc(N)cn2)c1. The van der Waals surface area contributed by atoms with Crippen LogP contribution in [-0.4, -0.2) is 23.4 Å². The lowest BCUT2D eigenvalue weighted by molar-refractivity contribution is 0.611. The van der Waals surface area contributed by atoms with Crippen molar-refractivity contribution in [1.82, 2.24) is 9.78 Å². The number of rotatable bonds is 4. The van der Waals surface area contributed by atoms with Gasteiger partial charge in [0.05, 0.1) is 18.4 Å². The summed E-state index contributed by atoms with van der Waals surface area (Å²) >= 11 is 0. The van der Waals surface area contributed by atoms with E-state index in [2.05, 4.69) is 49.1 Å². The number of aryl methyl sites for hydroxylation is 2. The lowest BCUT2D eigenvalue weighted by Gasteiger charge is -2.20. The molecule has 1 aromatic carbocycles. The molecule has 0 spiro atoms. The monoisotopic (exact) mass is 244 g/mol. The van der Waals surface area contributed by atoms with Crippen molar-refractivity contribution in [3.8, 4) is 0 Å². The van der Waals surface area contributed by atoms with Gasteiger partial charge in [-0.1, -0.05) is 6.07 Å². The van der Waals surface area contributed by atoms with Crippen LogP contribution in [0.2, 0.25) is 0 Å². The Morgan fingerprint density at radius 1 is 1.22 bits per heavy atom. The zero-order valence-corrected chi connectivity index (χ0v) is 11.2. The first kappa shape index (κ1) is 12.5. The number of benzene rings is 1. The first-order chi connectivity index (χ1) is 8.54. The summed E-state index contributed by atoms with van der Waals surface area (Å²) in [5.41, 5.74) is 10.2. The molecule has 0 bridgehead atoms. The van der Waals surface area contributed by atoms with Crippen LogP contribution in [0.15, 0.2) is 30.6 Å². The second-order valence-electron chi connectivity index (χ2n) is 4.80. The molecule has 0 fully saturated rings. The number of anilines is 2. The summed E-state index contributed by atoms with van der Waals surface area (Å²) < 4.78 is 1.87. The third-order valence-electron chi connectivity index (χ3n) is 2.96. The molecule has 0 aliphatic rings. The van der Waals surface area contributed by atoms with E-state index in [0.717, 1.165) is 13.1 Å². The van der Waals surface area contributed by atoms with Gasteiger partial charge in [0, 0.05) is 25.5 Å². The number of nitrogens with zero attached hydrogens (tertiary/aromatic N) is 3. The molecule has 0 unspecified atom stereocenters. The van der Waals surface area contributed by atoms with Gasteiger partial charge in [0.2, 0.25) is 0 Å². The molecule has 1 heterocycles. The summed E-state index contributed by atoms with van der Waals surface area (Å²) in [7, 11) is 2.10. The number of hydrogen-bond donors (Lipinski definition) is 1. The molecule has 0 amide bonds. The maximum Gasteiger partial charge on any atom is 0.0719 e. The summed E-state index contributed by atoms with van der Waals surface area (Å²) in [6.45, 7) is 5.99. The average molecular weight is 244 g/mol. The number of aromatic nitrogens is 2. The minimum Gasteiger partial charge on any atom is -0.396 e. The summed E-state index contributed by atoms with van der Waals surface area (Å²) in [6.07, 6.45) is 3.53. The second kappa shape index (κ2) is 5.12. The Kier molecular flexibility index (Phi) is 3.55. The van der Waals surface area contributed by atoms with Crippen molar-refractivity contribution in [3.63, 3.8) is 0 Å². The Balaban J connectivity index is 2.01. The zero-order valence-electron chi connectivity index (χ0n) is 11.2. The van der Waals surface area contributed by atoms with Crippen LogP contribution in [0.4, 0.5) is 11.4 Å². The van der Waals surface area contributed by atoms with E-state index in [1.165, 1.54) is 16.8 Å². The normalized spacial score (nSPS) is 10.6. The van der Waals surface area contributed by atoms with Crippen LogP contribution in [0.3, 0.4) is 0 Å². The van der Waals surface area contributed by atoms with Gasteiger partial charge in [0.1, 0.15) is 0 Å². The van der Waals surface area contributed by atoms with Crippen LogP contribution in [0, 0.1) is 13.8 Å². The molecule has 96 valence electrons. The minimum absolute atomic E-state index is 0.712. The average Bonchev–Trinajstić information content (AvgIpc) is 2.70. The second-order valence-corrected chi connectivity index (χ2v) is 4.80. The topological polar surface area (TPSA) is 47.1 Å². The maximum absolute atomic E-state index is 5.64. The van der Waals surface area contributed by atoms with Crippen molar-refractivity contribution in [3.05, 3.63) is 41.7 Å².